The van der Waals surface area contributed by atoms with Gasteiger partial charge in [-0.3, -0.25) is 4.99 Å². The molecule has 1 saturated heterocycles. The van der Waals surface area contributed by atoms with E-state index < -0.39 is 0 Å². The second-order valence-electron chi connectivity index (χ2n) is 3.80. The highest BCUT2D eigenvalue weighted by atomic mass is 16.5. The van der Waals surface area contributed by atoms with E-state index >= 15 is 0 Å². The number of aliphatic hydroxyl groups is 1. The zero-order valence-corrected chi connectivity index (χ0v) is 7.89. The van der Waals surface area contributed by atoms with Crippen molar-refractivity contribution in [3.8, 4) is 0 Å². The molecule has 0 radical (unpaired) electrons. The van der Waals surface area contributed by atoms with Crippen LogP contribution in [0.25, 0.3) is 0 Å². The molecule has 0 saturated carbocycles. The molecule has 4 nitrogen and oxygen atoms in total. The second kappa shape index (κ2) is 3.64. The Morgan fingerprint density at radius 3 is 3.08 bits per heavy atom. The van der Waals surface area contributed by atoms with Crippen LogP contribution in [0.4, 0.5) is 0 Å². The van der Waals surface area contributed by atoms with E-state index in [1.807, 2.05) is 6.34 Å². The maximum atomic E-state index is 8.97. The summed E-state index contributed by atoms with van der Waals surface area (Å²) in [5, 5.41) is 8.97. The molecule has 2 rings (SSSR count). The van der Waals surface area contributed by atoms with Gasteiger partial charge in [0.2, 0.25) is 0 Å². The molecule has 0 aromatic heterocycles. The van der Waals surface area contributed by atoms with Gasteiger partial charge in [-0.05, 0) is 6.42 Å². The Morgan fingerprint density at radius 2 is 2.54 bits per heavy atom. The summed E-state index contributed by atoms with van der Waals surface area (Å²) in [6, 6.07) is 0. The molecule has 2 aliphatic rings. The molecule has 1 N–H and O–H groups in total. The summed E-state index contributed by atoms with van der Waals surface area (Å²) in [6.07, 6.45) is 2.96. The van der Waals surface area contributed by atoms with Crippen molar-refractivity contribution in [2.24, 2.45) is 10.9 Å². The average Bonchev–Trinajstić information content (AvgIpc) is 2.72. The number of hydrogen-bond donors (Lipinski definition) is 1. The van der Waals surface area contributed by atoms with Crippen LogP contribution in [-0.4, -0.2) is 48.4 Å². The van der Waals surface area contributed by atoms with Crippen LogP contribution >= 0.6 is 0 Å². The molecule has 2 aliphatic heterocycles. The van der Waals surface area contributed by atoms with E-state index in [0.29, 0.717) is 5.92 Å². The summed E-state index contributed by atoms with van der Waals surface area (Å²) in [6.45, 7) is 4.11. The van der Waals surface area contributed by atoms with Crippen LogP contribution in [0.1, 0.15) is 13.3 Å². The maximum absolute atomic E-state index is 8.97. The molecule has 13 heavy (non-hydrogen) atoms. The first-order valence-electron chi connectivity index (χ1n) is 4.83. The molecule has 4 heteroatoms. The van der Waals surface area contributed by atoms with Gasteiger partial charge in [-0.2, -0.15) is 0 Å². The monoisotopic (exact) mass is 184 g/mol. The van der Waals surface area contributed by atoms with Crippen LogP contribution < -0.4 is 0 Å². The van der Waals surface area contributed by atoms with Gasteiger partial charge in [0.25, 0.3) is 0 Å². The van der Waals surface area contributed by atoms with Gasteiger partial charge >= 0.3 is 0 Å². The Morgan fingerprint density at radius 1 is 1.69 bits per heavy atom. The number of aliphatic imine (C=N–C) groups is 1. The van der Waals surface area contributed by atoms with Gasteiger partial charge in [-0.25, -0.2) is 0 Å². The molecule has 3 atom stereocenters. The molecule has 3 unspecified atom stereocenters. The van der Waals surface area contributed by atoms with E-state index in [9.17, 15) is 0 Å². The zero-order chi connectivity index (χ0) is 9.26. The predicted molar refractivity (Wildman–Crippen MR) is 49.6 cm³/mol. The first-order chi connectivity index (χ1) is 6.31. The first-order valence-corrected chi connectivity index (χ1v) is 4.83. The molecule has 0 aromatic carbocycles. The Bertz CT molecular complexity index is 208. The number of nitrogens with zero attached hydrogens (tertiary/aromatic N) is 2. The minimum atomic E-state index is 0.0222. The average molecular weight is 184 g/mol. The smallest absolute Gasteiger partial charge is 0.134 e. The number of hydrogen-bond acceptors (Lipinski definition) is 4. The Kier molecular flexibility index (Phi) is 2.51. The van der Waals surface area contributed by atoms with Crippen LogP contribution in [0.3, 0.4) is 0 Å². The van der Waals surface area contributed by atoms with E-state index in [1.165, 1.54) is 0 Å². The van der Waals surface area contributed by atoms with Gasteiger partial charge < -0.3 is 14.7 Å². The number of aliphatic hydroxyl groups excluding tert-OH is 1. The highest BCUT2D eigenvalue weighted by molar-refractivity contribution is 5.57. The summed E-state index contributed by atoms with van der Waals surface area (Å²) in [4.78, 5) is 6.28. The first kappa shape index (κ1) is 8.97. The number of rotatable bonds is 2. The van der Waals surface area contributed by atoms with Crippen molar-refractivity contribution in [1.82, 2.24) is 4.90 Å². The summed E-state index contributed by atoms with van der Waals surface area (Å²) in [5.41, 5.74) is 0. The highest BCUT2D eigenvalue weighted by Crippen LogP contribution is 2.28. The minimum absolute atomic E-state index is 0.0222. The van der Waals surface area contributed by atoms with Gasteiger partial charge in [-0.15, -0.1) is 0 Å². The third-order valence-corrected chi connectivity index (χ3v) is 2.70. The molecule has 0 spiro atoms. The fraction of sp³-hybridized carbons (Fsp3) is 0.889. The Hall–Kier alpha value is -0.610. The minimum Gasteiger partial charge on any atom is -0.394 e. The van der Waals surface area contributed by atoms with E-state index in [0.717, 1.165) is 19.5 Å². The van der Waals surface area contributed by atoms with Crippen molar-refractivity contribution in [1.29, 1.82) is 0 Å². The molecule has 0 aliphatic carbocycles. The van der Waals surface area contributed by atoms with Crippen LogP contribution in [0.5, 0.6) is 0 Å². The highest BCUT2D eigenvalue weighted by Gasteiger charge is 2.35. The Balaban J connectivity index is 1.95. The summed E-state index contributed by atoms with van der Waals surface area (Å²) >= 11 is 0. The lowest BCUT2D eigenvalue weighted by atomic mass is 10.1. The van der Waals surface area contributed by atoms with E-state index in [2.05, 4.69) is 16.8 Å². The van der Waals surface area contributed by atoms with Gasteiger partial charge in [0.05, 0.1) is 25.6 Å². The van der Waals surface area contributed by atoms with Crippen molar-refractivity contribution in [3.05, 3.63) is 0 Å². The molecule has 1 fully saturated rings. The second-order valence-corrected chi connectivity index (χ2v) is 3.80. The third kappa shape index (κ3) is 1.69. The molecule has 74 valence electrons. The van der Waals surface area contributed by atoms with Crippen molar-refractivity contribution in [2.45, 2.75) is 25.7 Å². The predicted octanol–water partition coefficient (Wildman–Crippen LogP) is 0.0737. The molecular formula is C9H16N2O2. The van der Waals surface area contributed by atoms with E-state index in [4.69, 9.17) is 9.84 Å². The van der Waals surface area contributed by atoms with Gasteiger partial charge in [0, 0.05) is 12.5 Å². The molecule has 0 bridgehead atoms. The van der Waals surface area contributed by atoms with Crippen LogP contribution in [-0.2, 0) is 4.74 Å². The quantitative estimate of drug-likeness (QED) is 0.660. The maximum Gasteiger partial charge on any atom is 0.134 e. The zero-order valence-electron chi connectivity index (χ0n) is 7.89. The van der Waals surface area contributed by atoms with E-state index in [1.54, 1.807) is 0 Å². The summed E-state index contributed by atoms with van der Waals surface area (Å²) in [7, 11) is 0. The van der Waals surface area contributed by atoms with E-state index in [-0.39, 0.29) is 18.9 Å². The van der Waals surface area contributed by atoms with Crippen molar-refractivity contribution < 1.29 is 9.84 Å². The van der Waals surface area contributed by atoms with Crippen molar-refractivity contribution in [3.63, 3.8) is 0 Å². The SMILES string of the molecule is CC1CC(CO)OC1N1C=NCC1. The lowest BCUT2D eigenvalue weighted by Crippen LogP contribution is -2.36. The number of ether oxygens (including phenoxy) is 1. The normalized spacial score (nSPS) is 38.9. The van der Waals surface area contributed by atoms with Crippen molar-refractivity contribution >= 4 is 6.34 Å². The summed E-state index contributed by atoms with van der Waals surface area (Å²) < 4.78 is 5.69. The largest absolute Gasteiger partial charge is 0.394 e. The standard InChI is InChI=1S/C9H16N2O2/c1-7-4-8(5-12)13-9(7)11-3-2-10-6-11/h6-9,12H,2-5H2,1H3. The fourth-order valence-corrected chi connectivity index (χ4v) is 2.03. The van der Waals surface area contributed by atoms with Crippen LogP contribution in [0.15, 0.2) is 4.99 Å². The molecular weight excluding hydrogens is 168 g/mol. The van der Waals surface area contributed by atoms with Gasteiger partial charge in [0.15, 0.2) is 0 Å². The molecule has 2 heterocycles. The van der Waals surface area contributed by atoms with Gasteiger partial charge in [-0.1, -0.05) is 6.92 Å². The third-order valence-electron chi connectivity index (χ3n) is 2.70. The fourth-order valence-electron chi connectivity index (χ4n) is 2.03. The lowest BCUT2D eigenvalue weighted by molar-refractivity contribution is -0.0469. The molecule has 0 amide bonds. The lowest BCUT2D eigenvalue weighted by Gasteiger charge is -2.25. The Labute approximate surface area is 78.2 Å². The van der Waals surface area contributed by atoms with Gasteiger partial charge in [0.1, 0.15) is 6.23 Å². The van der Waals surface area contributed by atoms with Crippen molar-refractivity contribution in [2.75, 3.05) is 19.7 Å². The van der Waals surface area contributed by atoms with Crippen LogP contribution in [0.2, 0.25) is 0 Å². The molecule has 0 aromatic rings. The summed E-state index contributed by atoms with van der Waals surface area (Å²) in [5.74, 6) is 0.488. The van der Waals surface area contributed by atoms with Crippen LogP contribution in [0, 0.1) is 5.92 Å². The topological polar surface area (TPSA) is 45.1 Å².